The Bertz CT molecular complexity index is 1080. The molecule has 0 atom stereocenters. The summed E-state index contributed by atoms with van der Waals surface area (Å²) >= 11 is 0. The van der Waals surface area contributed by atoms with E-state index >= 15 is 0 Å². The molecule has 1 N–H and O–H groups in total. The van der Waals surface area contributed by atoms with Crippen LogP contribution in [0.15, 0.2) is 72.8 Å². The van der Waals surface area contributed by atoms with E-state index < -0.39 is 0 Å². The summed E-state index contributed by atoms with van der Waals surface area (Å²) in [6.45, 7) is 0. The smallest absolute Gasteiger partial charge is 0.253 e. The fourth-order valence-corrected chi connectivity index (χ4v) is 2.84. The van der Waals surface area contributed by atoms with Gasteiger partial charge in [-0.25, -0.2) is 4.98 Å². The first-order valence-corrected chi connectivity index (χ1v) is 8.65. The Morgan fingerprint density at radius 2 is 1.63 bits per heavy atom. The highest BCUT2D eigenvalue weighted by Gasteiger charge is 2.11. The molecule has 0 aliphatic rings. The predicted molar refractivity (Wildman–Crippen MR) is 106 cm³/mol. The summed E-state index contributed by atoms with van der Waals surface area (Å²) in [5.74, 6) is 2.29. The van der Waals surface area contributed by atoms with Crippen molar-refractivity contribution >= 4 is 16.9 Å². The second-order valence-corrected chi connectivity index (χ2v) is 6.46. The molecule has 1 heterocycles. The average molecular weight is 357 g/mol. The summed E-state index contributed by atoms with van der Waals surface area (Å²) in [5.41, 5.74) is 3.24. The molecular weight excluding hydrogens is 338 g/mol. The molecule has 5 nitrogen and oxygen atoms in total. The Labute approximate surface area is 157 Å². The fraction of sp³-hybridized carbons (Fsp3) is 0.0909. The highest BCUT2D eigenvalue weighted by molar-refractivity contribution is 5.97. The number of benzene rings is 3. The molecule has 0 saturated carbocycles. The van der Waals surface area contributed by atoms with Gasteiger partial charge in [-0.05, 0) is 54.6 Å². The van der Waals surface area contributed by atoms with Crippen LogP contribution in [0.5, 0.6) is 11.5 Å². The van der Waals surface area contributed by atoms with Gasteiger partial charge in [-0.1, -0.05) is 18.2 Å². The van der Waals surface area contributed by atoms with Gasteiger partial charge in [-0.2, -0.15) is 0 Å². The van der Waals surface area contributed by atoms with E-state index in [2.05, 4.69) is 9.97 Å². The summed E-state index contributed by atoms with van der Waals surface area (Å²) in [7, 11) is 3.48. The number of imidazole rings is 1. The maximum atomic E-state index is 12.1. The lowest BCUT2D eigenvalue weighted by molar-refractivity contribution is 0.0827. The van der Waals surface area contributed by atoms with Crippen LogP contribution in [0.4, 0.5) is 0 Å². The summed E-state index contributed by atoms with van der Waals surface area (Å²) in [4.78, 5) is 21.6. The van der Waals surface area contributed by atoms with Crippen molar-refractivity contribution in [1.82, 2.24) is 14.9 Å². The van der Waals surface area contributed by atoms with Crippen molar-refractivity contribution < 1.29 is 9.53 Å². The van der Waals surface area contributed by atoms with Gasteiger partial charge in [0.2, 0.25) is 0 Å². The number of rotatable bonds is 4. The van der Waals surface area contributed by atoms with Gasteiger partial charge in [-0.3, -0.25) is 4.79 Å². The zero-order valence-corrected chi connectivity index (χ0v) is 15.1. The molecule has 27 heavy (non-hydrogen) atoms. The van der Waals surface area contributed by atoms with E-state index in [9.17, 15) is 4.79 Å². The van der Waals surface area contributed by atoms with E-state index in [1.54, 1.807) is 25.1 Å². The minimum absolute atomic E-state index is 0.0320. The number of fused-ring (bicyclic) bond motifs is 1. The summed E-state index contributed by atoms with van der Waals surface area (Å²) in [6, 6.07) is 22.9. The average Bonchev–Trinajstić information content (AvgIpc) is 3.12. The van der Waals surface area contributed by atoms with Gasteiger partial charge in [0.1, 0.15) is 17.3 Å². The quantitative estimate of drug-likeness (QED) is 0.575. The minimum Gasteiger partial charge on any atom is -0.457 e. The van der Waals surface area contributed by atoms with Gasteiger partial charge >= 0.3 is 0 Å². The normalized spacial score (nSPS) is 10.7. The molecular formula is C22H19N3O2. The minimum atomic E-state index is -0.0320. The number of carbonyl (C=O) groups excluding carboxylic acids is 1. The Kier molecular flexibility index (Phi) is 4.34. The second-order valence-electron chi connectivity index (χ2n) is 6.46. The first kappa shape index (κ1) is 16.8. The van der Waals surface area contributed by atoms with Crippen molar-refractivity contribution in [1.29, 1.82) is 0 Å². The molecule has 5 heteroatoms. The zero-order chi connectivity index (χ0) is 18.8. The van der Waals surface area contributed by atoms with Crippen molar-refractivity contribution in [2.45, 2.75) is 0 Å². The van der Waals surface area contributed by atoms with E-state index in [1.165, 1.54) is 0 Å². The van der Waals surface area contributed by atoms with Crippen molar-refractivity contribution in [2.75, 3.05) is 14.1 Å². The number of hydrogen-bond donors (Lipinski definition) is 1. The van der Waals surface area contributed by atoms with E-state index in [0.29, 0.717) is 5.56 Å². The van der Waals surface area contributed by atoms with Crippen molar-refractivity contribution in [2.24, 2.45) is 0 Å². The maximum Gasteiger partial charge on any atom is 0.253 e. The number of nitrogens with one attached hydrogen (secondary N) is 1. The molecule has 134 valence electrons. The van der Waals surface area contributed by atoms with Gasteiger partial charge in [0.05, 0.1) is 11.0 Å². The Hall–Kier alpha value is -3.60. The monoisotopic (exact) mass is 357 g/mol. The van der Waals surface area contributed by atoms with E-state index in [1.807, 2.05) is 66.7 Å². The number of aromatic nitrogens is 2. The largest absolute Gasteiger partial charge is 0.457 e. The van der Waals surface area contributed by atoms with Gasteiger partial charge < -0.3 is 14.6 Å². The van der Waals surface area contributed by atoms with Crippen LogP contribution in [0, 0.1) is 0 Å². The van der Waals surface area contributed by atoms with Crippen molar-refractivity contribution in [3.05, 3.63) is 78.4 Å². The molecule has 0 bridgehead atoms. The van der Waals surface area contributed by atoms with Gasteiger partial charge in [0, 0.05) is 25.2 Å². The van der Waals surface area contributed by atoms with Crippen LogP contribution in [-0.2, 0) is 0 Å². The van der Waals surface area contributed by atoms with Crippen LogP contribution in [0.3, 0.4) is 0 Å². The zero-order valence-electron chi connectivity index (χ0n) is 15.1. The number of carbonyl (C=O) groups is 1. The number of ether oxygens (including phenoxy) is 1. The third-order valence-corrected chi connectivity index (χ3v) is 4.24. The van der Waals surface area contributed by atoms with E-state index in [0.717, 1.165) is 33.9 Å². The number of nitrogens with zero attached hydrogens (tertiary/aromatic N) is 2. The van der Waals surface area contributed by atoms with Crippen molar-refractivity contribution in [3.63, 3.8) is 0 Å². The third kappa shape index (κ3) is 3.53. The summed E-state index contributed by atoms with van der Waals surface area (Å²) in [6.07, 6.45) is 0. The molecule has 0 unspecified atom stereocenters. The van der Waals surface area contributed by atoms with Crippen molar-refractivity contribution in [3.8, 4) is 22.9 Å². The highest BCUT2D eigenvalue weighted by atomic mass is 16.5. The van der Waals surface area contributed by atoms with Crippen LogP contribution in [0.25, 0.3) is 22.4 Å². The Morgan fingerprint density at radius 1 is 0.926 bits per heavy atom. The molecule has 1 aromatic heterocycles. The topological polar surface area (TPSA) is 58.2 Å². The molecule has 0 aliphatic heterocycles. The molecule has 0 radical (unpaired) electrons. The van der Waals surface area contributed by atoms with Crippen LogP contribution in [0.2, 0.25) is 0 Å². The molecule has 0 saturated heterocycles. The first-order chi connectivity index (χ1) is 13.1. The number of hydrogen-bond acceptors (Lipinski definition) is 3. The lowest BCUT2D eigenvalue weighted by Gasteiger charge is -2.09. The van der Waals surface area contributed by atoms with Gasteiger partial charge in [0.15, 0.2) is 0 Å². The van der Waals surface area contributed by atoms with Crippen LogP contribution >= 0.6 is 0 Å². The predicted octanol–water partition coefficient (Wildman–Crippen LogP) is 4.72. The highest BCUT2D eigenvalue weighted by Crippen LogP contribution is 2.26. The molecule has 1 amide bonds. The number of H-pyrrole nitrogens is 1. The molecule has 0 aliphatic carbocycles. The molecule has 4 rings (SSSR count). The molecule has 0 spiro atoms. The number of amides is 1. The Balaban J connectivity index is 1.59. The molecule has 4 aromatic rings. The van der Waals surface area contributed by atoms with Gasteiger partial charge in [-0.15, -0.1) is 0 Å². The number of para-hydroxylation sites is 1. The first-order valence-electron chi connectivity index (χ1n) is 8.65. The second kappa shape index (κ2) is 6.96. The van der Waals surface area contributed by atoms with Crippen LogP contribution < -0.4 is 4.74 Å². The van der Waals surface area contributed by atoms with Crippen LogP contribution in [-0.4, -0.2) is 34.9 Å². The van der Waals surface area contributed by atoms with E-state index in [4.69, 9.17) is 4.74 Å². The van der Waals surface area contributed by atoms with Crippen LogP contribution in [0.1, 0.15) is 10.4 Å². The lowest BCUT2D eigenvalue weighted by atomic mass is 10.2. The van der Waals surface area contributed by atoms with Gasteiger partial charge in [0.25, 0.3) is 5.91 Å². The summed E-state index contributed by atoms with van der Waals surface area (Å²) in [5, 5.41) is 0. The molecule has 3 aromatic carbocycles. The molecule has 0 fully saturated rings. The lowest BCUT2D eigenvalue weighted by Crippen LogP contribution is -2.21. The standard InChI is InChI=1S/C22H19N3O2/c1-25(2)22(26)16-10-13-19-20(14-16)24-21(23-19)15-8-11-18(12-9-15)27-17-6-4-3-5-7-17/h3-14H,1-2H3,(H,23,24). The SMILES string of the molecule is CN(C)C(=O)c1ccc2nc(-c3ccc(Oc4ccccc4)cc3)[nH]c2c1. The summed E-state index contributed by atoms with van der Waals surface area (Å²) < 4.78 is 5.82. The Morgan fingerprint density at radius 3 is 2.33 bits per heavy atom. The maximum absolute atomic E-state index is 12.1. The fourth-order valence-electron chi connectivity index (χ4n) is 2.84. The third-order valence-electron chi connectivity index (χ3n) is 4.24. The van der Waals surface area contributed by atoms with E-state index in [-0.39, 0.29) is 5.91 Å². The number of aromatic amines is 1.